The molecule has 0 unspecified atom stereocenters. The van der Waals surface area contributed by atoms with Crippen LogP contribution in [0.4, 0.5) is 5.69 Å². The first-order chi connectivity index (χ1) is 15.0. The smallest absolute Gasteiger partial charge is 0.262 e. The van der Waals surface area contributed by atoms with E-state index in [1.54, 1.807) is 37.4 Å². The van der Waals surface area contributed by atoms with Crippen LogP contribution in [0.15, 0.2) is 82.1 Å². The van der Waals surface area contributed by atoms with Gasteiger partial charge in [0.15, 0.2) is 0 Å². The fraction of sp³-hybridized carbons (Fsp3) is 0.0833. The SMILES string of the molecule is COc1cc2c(cc1NS(=O)(=O)c1ccc(OC)c3ccccc13)oc1ccccc12. The molecule has 0 amide bonds. The minimum absolute atomic E-state index is 0.149. The number of methoxy groups -OCH3 is 2. The van der Waals surface area contributed by atoms with E-state index in [4.69, 9.17) is 13.9 Å². The standard InChI is InChI=1S/C24H19NO5S/c1-28-20-11-12-24(17-9-4-3-7-15(17)20)31(26,27)25-19-14-22-18(13-23(19)29-2)16-8-5-6-10-21(16)30-22/h3-14,25H,1-2H3. The zero-order chi connectivity index (χ0) is 21.6. The molecule has 0 atom stereocenters. The molecule has 1 heterocycles. The maximum atomic E-state index is 13.4. The van der Waals surface area contributed by atoms with Crippen molar-refractivity contribution in [2.45, 2.75) is 4.90 Å². The molecule has 7 heteroatoms. The maximum absolute atomic E-state index is 13.4. The molecule has 5 aromatic rings. The molecule has 5 rings (SSSR count). The lowest BCUT2D eigenvalue weighted by molar-refractivity contribution is 0.417. The molecule has 156 valence electrons. The summed E-state index contributed by atoms with van der Waals surface area (Å²) in [4.78, 5) is 0.149. The van der Waals surface area contributed by atoms with E-state index in [9.17, 15) is 8.42 Å². The molecule has 31 heavy (non-hydrogen) atoms. The number of hydrogen-bond donors (Lipinski definition) is 1. The third kappa shape index (κ3) is 3.14. The monoisotopic (exact) mass is 433 g/mol. The van der Waals surface area contributed by atoms with Crippen molar-refractivity contribution in [3.8, 4) is 11.5 Å². The maximum Gasteiger partial charge on any atom is 0.262 e. The number of hydrogen-bond acceptors (Lipinski definition) is 5. The fourth-order valence-electron chi connectivity index (χ4n) is 3.86. The first kappa shape index (κ1) is 19.3. The molecule has 0 aliphatic carbocycles. The molecular weight excluding hydrogens is 414 g/mol. The van der Waals surface area contributed by atoms with E-state index in [2.05, 4.69) is 4.72 Å². The Hall–Kier alpha value is -3.71. The lowest BCUT2D eigenvalue weighted by Crippen LogP contribution is -2.14. The third-order valence-corrected chi connectivity index (χ3v) is 6.72. The van der Waals surface area contributed by atoms with Crippen LogP contribution in [0.1, 0.15) is 0 Å². The minimum Gasteiger partial charge on any atom is -0.496 e. The minimum atomic E-state index is -3.92. The predicted octanol–water partition coefficient (Wildman–Crippen LogP) is 5.56. The molecule has 0 bridgehead atoms. The van der Waals surface area contributed by atoms with Crippen molar-refractivity contribution in [2.24, 2.45) is 0 Å². The van der Waals surface area contributed by atoms with E-state index >= 15 is 0 Å². The number of benzene rings is 4. The van der Waals surface area contributed by atoms with Crippen LogP contribution in [0, 0.1) is 0 Å². The van der Waals surface area contributed by atoms with Gasteiger partial charge < -0.3 is 13.9 Å². The van der Waals surface area contributed by atoms with Gasteiger partial charge in [0.2, 0.25) is 0 Å². The van der Waals surface area contributed by atoms with Gasteiger partial charge >= 0.3 is 0 Å². The Bertz CT molecular complexity index is 1550. The number of rotatable bonds is 5. The van der Waals surface area contributed by atoms with Crippen molar-refractivity contribution in [2.75, 3.05) is 18.9 Å². The normalized spacial score (nSPS) is 11.8. The van der Waals surface area contributed by atoms with Gasteiger partial charge in [0.25, 0.3) is 10.0 Å². The lowest BCUT2D eigenvalue weighted by atomic mass is 10.1. The second kappa shape index (κ2) is 7.21. The molecule has 0 radical (unpaired) electrons. The molecule has 0 fully saturated rings. The first-order valence-electron chi connectivity index (χ1n) is 9.59. The topological polar surface area (TPSA) is 77.8 Å². The van der Waals surface area contributed by atoms with E-state index in [0.29, 0.717) is 33.5 Å². The Morgan fingerprint density at radius 2 is 1.39 bits per heavy atom. The van der Waals surface area contributed by atoms with Crippen LogP contribution in [-0.2, 0) is 10.0 Å². The highest BCUT2D eigenvalue weighted by Gasteiger charge is 2.22. The summed E-state index contributed by atoms with van der Waals surface area (Å²) >= 11 is 0. The quantitative estimate of drug-likeness (QED) is 0.393. The number of nitrogens with one attached hydrogen (secondary N) is 1. The molecule has 4 aromatic carbocycles. The van der Waals surface area contributed by atoms with Crippen LogP contribution in [0.5, 0.6) is 11.5 Å². The number of furan rings is 1. The van der Waals surface area contributed by atoms with Crippen LogP contribution in [0.2, 0.25) is 0 Å². The number of anilines is 1. The summed E-state index contributed by atoms with van der Waals surface area (Å²) in [5.41, 5.74) is 1.59. The number of sulfonamides is 1. The summed E-state index contributed by atoms with van der Waals surface area (Å²) in [5.74, 6) is 1.01. The molecule has 0 aliphatic rings. The molecule has 0 aliphatic heterocycles. The van der Waals surface area contributed by atoms with Gasteiger partial charge in [-0.15, -0.1) is 0 Å². The van der Waals surface area contributed by atoms with Gasteiger partial charge in [-0.1, -0.05) is 42.5 Å². The van der Waals surface area contributed by atoms with Crippen LogP contribution in [0.25, 0.3) is 32.7 Å². The van der Waals surface area contributed by atoms with E-state index in [1.807, 2.05) is 36.4 Å². The largest absolute Gasteiger partial charge is 0.496 e. The third-order valence-electron chi connectivity index (χ3n) is 5.30. The van der Waals surface area contributed by atoms with Crippen molar-refractivity contribution in [3.05, 3.63) is 72.8 Å². The van der Waals surface area contributed by atoms with Gasteiger partial charge in [0.05, 0.1) is 24.8 Å². The molecule has 1 N–H and O–H groups in total. The van der Waals surface area contributed by atoms with E-state index in [1.165, 1.54) is 13.2 Å². The van der Waals surface area contributed by atoms with Crippen LogP contribution < -0.4 is 14.2 Å². The summed E-state index contributed by atoms with van der Waals surface area (Å²) < 4.78 is 46.1. The average Bonchev–Trinajstić information content (AvgIpc) is 3.14. The second-order valence-electron chi connectivity index (χ2n) is 7.06. The predicted molar refractivity (Wildman–Crippen MR) is 122 cm³/mol. The molecule has 0 saturated heterocycles. The Balaban J connectivity index is 1.65. The van der Waals surface area contributed by atoms with Gasteiger partial charge in [-0.3, -0.25) is 4.72 Å². The molecule has 0 saturated carbocycles. The summed E-state index contributed by atoms with van der Waals surface area (Å²) in [5, 5.41) is 3.07. The van der Waals surface area contributed by atoms with Crippen LogP contribution in [0.3, 0.4) is 0 Å². The van der Waals surface area contributed by atoms with E-state index < -0.39 is 10.0 Å². The zero-order valence-electron chi connectivity index (χ0n) is 16.9. The van der Waals surface area contributed by atoms with Crippen molar-refractivity contribution in [1.82, 2.24) is 0 Å². The zero-order valence-corrected chi connectivity index (χ0v) is 17.7. The Labute approximate surface area is 179 Å². The number of para-hydroxylation sites is 1. The van der Waals surface area contributed by atoms with E-state index in [-0.39, 0.29) is 4.90 Å². The van der Waals surface area contributed by atoms with Gasteiger partial charge in [0, 0.05) is 27.6 Å². The lowest BCUT2D eigenvalue weighted by Gasteiger charge is -2.14. The summed E-state index contributed by atoms with van der Waals surface area (Å²) in [6.45, 7) is 0. The van der Waals surface area contributed by atoms with Gasteiger partial charge in [-0.05, 0) is 24.3 Å². The second-order valence-corrected chi connectivity index (χ2v) is 8.71. The summed E-state index contributed by atoms with van der Waals surface area (Å²) in [6.07, 6.45) is 0. The van der Waals surface area contributed by atoms with Crippen molar-refractivity contribution < 1.29 is 22.3 Å². The van der Waals surface area contributed by atoms with Crippen LogP contribution in [-0.4, -0.2) is 22.6 Å². The molecular formula is C24H19NO5S. The van der Waals surface area contributed by atoms with E-state index in [0.717, 1.165) is 16.4 Å². The van der Waals surface area contributed by atoms with Gasteiger partial charge in [-0.2, -0.15) is 0 Å². The number of ether oxygens (including phenoxy) is 2. The Morgan fingerprint density at radius 1 is 0.710 bits per heavy atom. The van der Waals surface area contributed by atoms with Crippen LogP contribution >= 0.6 is 0 Å². The highest BCUT2D eigenvalue weighted by atomic mass is 32.2. The number of fused-ring (bicyclic) bond motifs is 4. The highest BCUT2D eigenvalue weighted by Crippen LogP contribution is 2.38. The van der Waals surface area contributed by atoms with Crippen molar-refractivity contribution in [1.29, 1.82) is 0 Å². The summed E-state index contributed by atoms with van der Waals surface area (Å²) in [6, 6.07) is 21.5. The Morgan fingerprint density at radius 3 is 2.13 bits per heavy atom. The molecule has 0 spiro atoms. The van der Waals surface area contributed by atoms with Crippen molar-refractivity contribution in [3.63, 3.8) is 0 Å². The highest BCUT2D eigenvalue weighted by molar-refractivity contribution is 7.93. The van der Waals surface area contributed by atoms with Gasteiger partial charge in [-0.25, -0.2) is 8.42 Å². The first-order valence-corrected chi connectivity index (χ1v) is 11.1. The van der Waals surface area contributed by atoms with Gasteiger partial charge in [0.1, 0.15) is 22.7 Å². The molecule has 1 aromatic heterocycles. The fourth-order valence-corrected chi connectivity index (χ4v) is 5.13. The van der Waals surface area contributed by atoms with Crippen molar-refractivity contribution >= 4 is 48.4 Å². The Kier molecular flexibility index (Phi) is 4.48. The molecule has 6 nitrogen and oxygen atoms in total. The average molecular weight is 433 g/mol. The summed E-state index contributed by atoms with van der Waals surface area (Å²) in [7, 11) is -0.862.